The first kappa shape index (κ1) is 16.5. The predicted molar refractivity (Wildman–Crippen MR) is 95.4 cm³/mol. The smallest absolute Gasteiger partial charge is 0.175 e. The average molecular weight is 344 g/mol. The number of rotatable bonds is 5. The molecule has 0 radical (unpaired) electrons. The topological polar surface area (TPSA) is 68.3 Å². The molecule has 0 atom stereocenters. The number of nitrogens with one attached hydrogen (secondary N) is 1. The SMILES string of the molecule is CNc1cc(Cc2ccc(S(C)(=O)=O)cc2OC)nc2c1C=CC2. The number of fused-ring (bicyclic) bond motifs is 1. The number of hydrogen-bond acceptors (Lipinski definition) is 5. The molecule has 1 aliphatic rings. The minimum atomic E-state index is -3.26. The highest BCUT2D eigenvalue weighted by atomic mass is 32.2. The van der Waals surface area contributed by atoms with E-state index in [4.69, 9.17) is 9.72 Å². The Morgan fingerprint density at radius 1 is 1.29 bits per heavy atom. The van der Waals surface area contributed by atoms with Crippen molar-refractivity contribution in [2.45, 2.75) is 17.7 Å². The van der Waals surface area contributed by atoms with Crippen molar-refractivity contribution in [1.29, 1.82) is 0 Å². The summed E-state index contributed by atoms with van der Waals surface area (Å²) in [6.45, 7) is 0. The fourth-order valence-electron chi connectivity index (χ4n) is 2.89. The molecule has 0 saturated carbocycles. The van der Waals surface area contributed by atoms with E-state index >= 15 is 0 Å². The molecule has 0 aliphatic heterocycles. The highest BCUT2D eigenvalue weighted by Crippen LogP contribution is 2.29. The van der Waals surface area contributed by atoms with Crippen molar-refractivity contribution in [3.05, 3.63) is 52.9 Å². The zero-order chi connectivity index (χ0) is 17.3. The molecule has 1 aromatic heterocycles. The maximum absolute atomic E-state index is 11.7. The van der Waals surface area contributed by atoms with Gasteiger partial charge < -0.3 is 10.1 Å². The van der Waals surface area contributed by atoms with Gasteiger partial charge in [0.05, 0.1) is 17.7 Å². The van der Waals surface area contributed by atoms with Gasteiger partial charge in [0.25, 0.3) is 0 Å². The summed E-state index contributed by atoms with van der Waals surface area (Å²) in [5.74, 6) is 0.560. The maximum Gasteiger partial charge on any atom is 0.175 e. The lowest BCUT2D eigenvalue weighted by Gasteiger charge is -2.13. The number of benzene rings is 1. The van der Waals surface area contributed by atoms with Crippen LogP contribution in [0.2, 0.25) is 0 Å². The second-order valence-electron chi connectivity index (χ2n) is 5.80. The monoisotopic (exact) mass is 344 g/mol. The molecule has 1 N–H and O–H groups in total. The van der Waals surface area contributed by atoms with Gasteiger partial charge in [-0.1, -0.05) is 18.2 Å². The third-order valence-electron chi connectivity index (χ3n) is 4.11. The number of anilines is 1. The summed E-state index contributed by atoms with van der Waals surface area (Å²) in [6.07, 6.45) is 6.79. The molecule has 0 fully saturated rings. The van der Waals surface area contributed by atoms with Crippen LogP contribution in [0.4, 0.5) is 5.69 Å². The molecule has 0 bridgehead atoms. The third kappa shape index (κ3) is 3.14. The van der Waals surface area contributed by atoms with Crippen molar-refractivity contribution in [1.82, 2.24) is 4.98 Å². The molecule has 1 aliphatic carbocycles. The van der Waals surface area contributed by atoms with Gasteiger partial charge in [0.1, 0.15) is 5.75 Å². The van der Waals surface area contributed by atoms with E-state index in [-0.39, 0.29) is 4.90 Å². The first-order valence-corrected chi connectivity index (χ1v) is 9.55. The Morgan fingerprint density at radius 3 is 2.75 bits per heavy atom. The van der Waals surface area contributed by atoms with E-state index in [2.05, 4.69) is 17.5 Å². The summed E-state index contributed by atoms with van der Waals surface area (Å²) in [6, 6.07) is 7.00. The van der Waals surface area contributed by atoms with Gasteiger partial charge in [0, 0.05) is 48.7 Å². The number of nitrogens with zero attached hydrogens (tertiary/aromatic N) is 1. The summed E-state index contributed by atoms with van der Waals surface area (Å²) in [5.41, 5.74) is 5.08. The largest absolute Gasteiger partial charge is 0.496 e. The summed E-state index contributed by atoms with van der Waals surface area (Å²) in [4.78, 5) is 4.98. The lowest BCUT2D eigenvalue weighted by atomic mass is 10.1. The van der Waals surface area contributed by atoms with Crippen LogP contribution in [0.5, 0.6) is 5.75 Å². The van der Waals surface area contributed by atoms with Gasteiger partial charge in [-0.25, -0.2) is 8.42 Å². The molecular formula is C18H20N2O3S. The van der Waals surface area contributed by atoms with E-state index < -0.39 is 9.84 Å². The van der Waals surface area contributed by atoms with Gasteiger partial charge in [0.15, 0.2) is 9.84 Å². The molecular weight excluding hydrogens is 324 g/mol. The molecule has 2 aromatic rings. The quantitative estimate of drug-likeness (QED) is 0.903. The van der Waals surface area contributed by atoms with Crippen molar-refractivity contribution in [3.63, 3.8) is 0 Å². The molecule has 1 aromatic carbocycles. The maximum atomic E-state index is 11.7. The Labute approximate surface area is 142 Å². The number of aromatic nitrogens is 1. The molecule has 5 nitrogen and oxygen atoms in total. The summed E-state index contributed by atoms with van der Waals surface area (Å²) in [7, 11) is 0.184. The molecule has 24 heavy (non-hydrogen) atoms. The van der Waals surface area contributed by atoms with Crippen molar-refractivity contribution >= 4 is 21.6 Å². The summed E-state index contributed by atoms with van der Waals surface area (Å²) < 4.78 is 28.8. The number of pyridine rings is 1. The van der Waals surface area contributed by atoms with E-state index in [1.807, 2.05) is 13.1 Å². The molecule has 0 unspecified atom stereocenters. The van der Waals surface area contributed by atoms with Crippen LogP contribution in [0.25, 0.3) is 6.08 Å². The Kier molecular flexibility index (Phi) is 4.32. The fourth-order valence-corrected chi connectivity index (χ4v) is 3.53. The van der Waals surface area contributed by atoms with E-state index in [0.29, 0.717) is 12.2 Å². The molecule has 0 amide bonds. The van der Waals surface area contributed by atoms with E-state index in [1.54, 1.807) is 25.3 Å². The second-order valence-corrected chi connectivity index (χ2v) is 7.82. The van der Waals surface area contributed by atoms with Crippen molar-refractivity contribution in [3.8, 4) is 5.75 Å². The van der Waals surface area contributed by atoms with Crippen LogP contribution in [0.3, 0.4) is 0 Å². The van der Waals surface area contributed by atoms with Crippen LogP contribution in [0.15, 0.2) is 35.2 Å². The van der Waals surface area contributed by atoms with E-state index in [0.717, 1.165) is 34.6 Å². The Hall–Kier alpha value is -2.34. The van der Waals surface area contributed by atoms with Gasteiger partial charge in [0.2, 0.25) is 0 Å². The van der Waals surface area contributed by atoms with Crippen LogP contribution >= 0.6 is 0 Å². The lowest BCUT2D eigenvalue weighted by Crippen LogP contribution is -2.04. The summed E-state index contributed by atoms with van der Waals surface area (Å²) in [5, 5.41) is 3.21. The fraction of sp³-hybridized carbons (Fsp3) is 0.278. The molecule has 6 heteroatoms. The second kappa shape index (κ2) is 6.28. The average Bonchev–Trinajstić information content (AvgIpc) is 3.01. The van der Waals surface area contributed by atoms with Crippen LogP contribution in [0, 0.1) is 0 Å². The molecule has 0 spiro atoms. The number of ether oxygens (including phenoxy) is 1. The first-order chi connectivity index (χ1) is 11.4. The standard InChI is InChI=1S/C18H20N2O3S/c1-19-17-10-13(20-16-6-4-5-15(16)17)9-12-7-8-14(24(3,21)22)11-18(12)23-2/h4-5,7-8,10-11H,6,9H2,1-3H3,(H,19,20). The van der Waals surface area contributed by atoms with Crippen molar-refractivity contribution < 1.29 is 13.2 Å². The van der Waals surface area contributed by atoms with Crippen LogP contribution < -0.4 is 10.1 Å². The first-order valence-electron chi connectivity index (χ1n) is 7.66. The Bertz CT molecular complexity index is 918. The van der Waals surface area contributed by atoms with Crippen LogP contribution in [-0.2, 0) is 22.7 Å². The van der Waals surface area contributed by atoms with Gasteiger partial charge >= 0.3 is 0 Å². The van der Waals surface area contributed by atoms with Gasteiger partial charge in [-0.3, -0.25) is 4.98 Å². The highest BCUT2D eigenvalue weighted by molar-refractivity contribution is 7.90. The number of hydrogen-bond donors (Lipinski definition) is 1. The predicted octanol–water partition coefficient (Wildman–Crippen LogP) is 2.70. The van der Waals surface area contributed by atoms with Crippen LogP contribution in [-0.4, -0.2) is 33.8 Å². The van der Waals surface area contributed by atoms with Crippen LogP contribution in [0.1, 0.15) is 22.5 Å². The molecule has 1 heterocycles. The highest BCUT2D eigenvalue weighted by Gasteiger charge is 2.16. The zero-order valence-electron chi connectivity index (χ0n) is 14.0. The third-order valence-corrected chi connectivity index (χ3v) is 5.22. The number of allylic oxidation sites excluding steroid dienone is 1. The Morgan fingerprint density at radius 2 is 2.08 bits per heavy atom. The van der Waals surface area contributed by atoms with E-state index in [9.17, 15) is 8.42 Å². The Balaban J connectivity index is 1.97. The van der Waals surface area contributed by atoms with Crippen molar-refractivity contribution in [2.24, 2.45) is 0 Å². The minimum absolute atomic E-state index is 0.255. The lowest BCUT2D eigenvalue weighted by molar-refractivity contribution is 0.409. The minimum Gasteiger partial charge on any atom is -0.496 e. The van der Waals surface area contributed by atoms with Gasteiger partial charge in [-0.15, -0.1) is 0 Å². The molecule has 3 rings (SSSR count). The van der Waals surface area contributed by atoms with Gasteiger partial charge in [-0.05, 0) is 18.2 Å². The molecule has 126 valence electrons. The van der Waals surface area contributed by atoms with E-state index in [1.165, 1.54) is 6.26 Å². The number of methoxy groups -OCH3 is 1. The van der Waals surface area contributed by atoms with Gasteiger partial charge in [-0.2, -0.15) is 0 Å². The summed E-state index contributed by atoms with van der Waals surface area (Å²) >= 11 is 0. The zero-order valence-corrected chi connectivity index (χ0v) is 14.8. The number of sulfone groups is 1. The molecule has 0 saturated heterocycles. The van der Waals surface area contributed by atoms with Crippen molar-refractivity contribution in [2.75, 3.05) is 25.7 Å². The normalized spacial score (nSPS) is 13.0.